The molecule has 0 spiro atoms. The van der Waals surface area contributed by atoms with Gasteiger partial charge < -0.3 is 20.5 Å². The van der Waals surface area contributed by atoms with E-state index in [1.807, 2.05) is 0 Å². The summed E-state index contributed by atoms with van der Waals surface area (Å²) in [5.41, 5.74) is 0.578. The van der Waals surface area contributed by atoms with Crippen LogP contribution in [0.2, 0.25) is 0 Å². The Balaban J connectivity index is 1.83. The standard InChI is InChI=1S/C14H20N2O5S/c1-21-13-5-3-2-4-11(13)12(17)8-15-14(18)16-10-6-7-22(19,20)9-10/h2-5,10,12,17H,6-9H2,1H3,(H2,15,16,18)/t10-,12+/m0/s1. The van der Waals surface area contributed by atoms with Gasteiger partial charge in [-0.3, -0.25) is 0 Å². The van der Waals surface area contributed by atoms with Crippen LogP contribution in [0.3, 0.4) is 0 Å². The number of methoxy groups -OCH3 is 1. The Morgan fingerprint density at radius 3 is 2.82 bits per heavy atom. The number of urea groups is 1. The van der Waals surface area contributed by atoms with Gasteiger partial charge in [0.15, 0.2) is 9.84 Å². The molecule has 2 atom stereocenters. The fraction of sp³-hybridized carbons (Fsp3) is 0.500. The fourth-order valence-electron chi connectivity index (χ4n) is 2.39. The van der Waals surface area contributed by atoms with Gasteiger partial charge in [0.1, 0.15) is 5.75 Å². The third-order valence-electron chi connectivity index (χ3n) is 3.52. The molecule has 1 aliphatic rings. The quantitative estimate of drug-likeness (QED) is 0.717. The van der Waals surface area contributed by atoms with Gasteiger partial charge in [-0.1, -0.05) is 18.2 Å². The number of carbonyl (C=O) groups is 1. The smallest absolute Gasteiger partial charge is 0.315 e. The summed E-state index contributed by atoms with van der Waals surface area (Å²) in [5.74, 6) is 0.608. The molecule has 1 aromatic carbocycles. The summed E-state index contributed by atoms with van der Waals surface area (Å²) in [7, 11) is -1.53. The highest BCUT2D eigenvalue weighted by Gasteiger charge is 2.29. The molecular weight excluding hydrogens is 308 g/mol. The highest BCUT2D eigenvalue weighted by Crippen LogP contribution is 2.23. The van der Waals surface area contributed by atoms with Crippen molar-refractivity contribution in [1.29, 1.82) is 0 Å². The number of nitrogens with one attached hydrogen (secondary N) is 2. The van der Waals surface area contributed by atoms with Crippen LogP contribution in [0.4, 0.5) is 4.79 Å². The molecule has 2 amide bonds. The highest BCUT2D eigenvalue weighted by atomic mass is 32.2. The molecule has 1 fully saturated rings. The SMILES string of the molecule is COc1ccccc1[C@H](O)CNC(=O)N[C@H]1CCS(=O)(=O)C1. The van der Waals surface area contributed by atoms with E-state index in [9.17, 15) is 18.3 Å². The van der Waals surface area contributed by atoms with Crippen LogP contribution in [0.25, 0.3) is 0 Å². The molecule has 0 bridgehead atoms. The molecule has 0 saturated carbocycles. The maximum atomic E-state index is 11.7. The summed E-state index contributed by atoms with van der Waals surface area (Å²) in [6.07, 6.45) is -0.487. The number of sulfone groups is 1. The molecule has 0 radical (unpaired) electrons. The van der Waals surface area contributed by atoms with Crippen LogP contribution in [-0.2, 0) is 9.84 Å². The second-order valence-corrected chi connectivity index (χ2v) is 7.44. The van der Waals surface area contributed by atoms with Crippen molar-refractivity contribution in [3.63, 3.8) is 0 Å². The zero-order chi connectivity index (χ0) is 16.2. The van der Waals surface area contributed by atoms with Crippen LogP contribution >= 0.6 is 0 Å². The topological polar surface area (TPSA) is 105 Å². The van der Waals surface area contributed by atoms with Gasteiger partial charge in [0.25, 0.3) is 0 Å². The van der Waals surface area contributed by atoms with E-state index in [2.05, 4.69) is 10.6 Å². The number of amides is 2. The minimum absolute atomic E-state index is 0.00563. The minimum atomic E-state index is -3.03. The molecule has 0 aliphatic carbocycles. The lowest BCUT2D eigenvalue weighted by molar-refractivity contribution is 0.169. The minimum Gasteiger partial charge on any atom is -0.496 e. The van der Waals surface area contributed by atoms with Gasteiger partial charge in [-0.15, -0.1) is 0 Å². The van der Waals surface area contributed by atoms with E-state index in [1.165, 1.54) is 7.11 Å². The third kappa shape index (κ3) is 4.35. The first-order valence-corrected chi connectivity index (χ1v) is 8.79. The average Bonchev–Trinajstić information content (AvgIpc) is 2.83. The summed E-state index contributed by atoms with van der Waals surface area (Å²) in [4.78, 5) is 11.7. The van der Waals surface area contributed by atoms with Gasteiger partial charge in [-0.2, -0.15) is 0 Å². The predicted molar refractivity (Wildman–Crippen MR) is 81.5 cm³/mol. The molecule has 2 rings (SSSR count). The van der Waals surface area contributed by atoms with Gasteiger partial charge in [-0.25, -0.2) is 13.2 Å². The van der Waals surface area contributed by atoms with E-state index in [0.717, 1.165) is 0 Å². The summed E-state index contributed by atoms with van der Waals surface area (Å²) in [6, 6.07) is 6.14. The Hall–Kier alpha value is -1.80. The Labute approximate surface area is 129 Å². The van der Waals surface area contributed by atoms with Crippen molar-refractivity contribution in [2.45, 2.75) is 18.6 Å². The molecule has 22 heavy (non-hydrogen) atoms. The largest absolute Gasteiger partial charge is 0.496 e. The number of para-hydroxylation sites is 1. The van der Waals surface area contributed by atoms with Gasteiger partial charge in [-0.05, 0) is 12.5 Å². The van der Waals surface area contributed by atoms with Crippen LogP contribution in [0.5, 0.6) is 5.75 Å². The van der Waals surface area contributed by atoms with Crippen molar-refractivity contribution in [3.8, 4) is 5.75 Å². The molecule has 1 aliphatic heterocycles. The molecule has 0 aromatic heterocycles. The zero-order valence-electron chi connectivity index (χ0n) is 12.3. The molecule has 1 aromatic rings. The number of hydrogen-bond acceptors (Lipinski definition) is 5. The van der Waals surface area contributed by atoms with Crippen LogP contribution in [-0.4, -0.2) is 50.8 Å². The second kappa shape index (κ2) is 6.97. The van der Waals surface area contributed by atoms with E-state index in [-0.39, 0.29) is 24.1 Å². The fourth-order valence-corrected chi connectivity index (χ4v) is 4.06. The Kier molecular flexibility index (Phi) is 5.25. The number of aliphatic hydroxyl groups excluding tert-OH is 1. The van der Waals surface area contributed by atoms with Crippen LogP contribution < -0.4 is 15.4 Å². The van der Waals surface area contributed by atoms with Crippen molar-refractivity contribution in [2.24, 2.45) is 0 Å². The van der Waals surface area contributed by atoms with E-state index in [0.29, 0.717) is 17.7 Å². The number of benzene rings is 1. The van der Waals surface area contributed by atoms with Gasteiger partial charge in [0.05, 0.1) is 24.7 Å². The number of aliphatic hydroxyl groups is 1. The summed E-state index contributed by atoms with van der Waals surface area (Å²) in [6.45, 7) is 0.00563. The lowest BCUT2D eigenvalue weighted by Crippen LogP contribution is -2.43. The Bertz CT molecular complexity index is 632. The van der Waals surface area contributed by atoms with Gasteiger partial charge >= 0.3 is 6.03 Å². The normalized spacial score (nSPS) is 21.1. The Morgan fingerprint density at radius 2 is 2.18 bits per heavy atom. The van der Waals surface area contributed by atoms with Crippen molar-refractivity contribution in [3.05, 3.63) is 29.8 Å². The second-order valence-electron chi connectivity index (χ2n) is 5.21. The average molecular weight is 328 g/mol. The maximum absolute atomic E-state index is 11.7. The molecule has 1 heterocycles. The summed E-state index contributed by atoms with van der Waals surface area (Å²) >= 11 is 0. The van der Waals surface area contributed by atoms with Gasteiger partial charge in [0.2, 0.25) is 0 Å². The first-order valence-electron chi connectivity index (χ1n) is 6.97. The lowest BCUT2D eigenvalue weighted by atomic mass is 10.1. The summed E-state index contributed by atoms with van der Waals surface area (Å²) < 4.78 is 27.8. The Morgan fingerprint density at radius 1 is 1.45 bits per heavy atom. The number of rotatable bonds is 5. The molecule has 0 unspecified atom stereocenters. The first-order chi connectivity index (χ1) is 10.4. The van der Waals surface area contributed by atoms with E-state index < -0.39 is 22.0 Å². The van der Waals surface area contributed by atoms with Crippen molar-refractivity contribution >= 4 is 15.9 Å². The molecule has 7 nitrogen and oxygen atoms in total. The van der Waals surface area contributed by atoms with Crippen LogP contribution in [0.15, 0.2) is 24.3 Å². The van der Waals surface area contributed by atoms with E-state index >= 15 is 0 Å². The summed E-state index contributed by atoms with van der Waals surface area (Å²) in [5, 5.41) is 15.2. The molecular formula is C14H20N2O5S. The lowest BCUT2D eigenvalue weighted by Gasteiger charge is -2.17. The van der Waals surface area contributed by atoms with Crippen molar-refractivity contribution < 1.29 is 23.1 Å². The third-order valence-corrected chi connectivity index (χ3v) is 5.29. The van der Waals surface area contributed by atoms with E-state index in [4.69, 9.17) is 4.74 Å². The number of carbonyl (C=O) groups excluding carboxylic acids is 1. The van der Waals surface area contributed by atoms with Crippen LogP contribution in [0.1, 0.15) is 18.1 Å². The molecule has 122 valence electrons. The zero-order valence-corrected chi connectivity index (χ0v) is 13.1. The molecule has 8 heteroatoms. The van der Waals surface area contributed by atoms with Crippen molar-refractivity contribution in [2.75, 3.05) is 25.2 Å². The predicted octanol–water partition coefficient (Wildman–Crippen LogP) is 0.215. The maximum Gasteiger partial charge on any atom is 0.315 e. The molecule has 3 N–H and O–H groups in total. The molecule has 1 saturated heterocycles. The highest BCUT2D eigenvalue weighted by molar-refractivity contribution is 7.91. The number of ether oxygens (including phenoxy) is 1. The number of hydrogen-bond donors (Lipinski definition) is 3. The first kappa shape index (κ1) is 16.6. The van der Waals surface area contributed by atoms with Crippen LogP contribution in [0, 0.1) is 0 Å². The van der Waals surface area contributed by atoms with E-state index in [1.54, 1.807) is 24.3 Å². The van der Waals surface area contributed by atoms with Gasteiger partial charge in [0, 0.05) is 18.2 Å². The monoisotopic (exact) mass is 328 g/mol. The van der Waals surface area contributed by atoms with Crippen molar-refractivity contribution in [1.82, 2.24) is 10.6 Å².